The summed E-state index contributed by atoms with van der Waals surface area (Å²) in [6, 6.07) is 65.2. The topological polar surface area (TPSA) is 170 Å². The second-order valence-electron chi connectivity index (χ2n) is 18.7. The number of carbonyl (C=O) groups excluding carboxylic acids is 4. The number of carbonyl (C=O) groups is 4. The predicted octanol–water partition coefficient (Wildman–Crippen LogP) is 11.1. The third kappa shape index (κ3) is 11.8. The minimum Gasteiger partial charge on any atom is -0.497 e. The van der Waals surface area contributed by atoms with E-state index in [1.807, 2.05) is 146 Å². The molecule has 7 aromatic carbocycles. The van der Waals surface area contributed by atoms with E-state index in [0.717, 1.165) is 33.4 Å². The van der Waals surface area contributed by atoms with Crippen molar-refractivity contribution in [3.8, 4) is 5.75 Å². The van der Waals surface area contributed by atoms with E-state index in [1.165, 1.54) is 34.1 Å². The Morgan fingerprint density at radius 1 is 0.716 bits per heavy atom. The second kappa shape index (κ2) is 25.5. The van der Waals surface area contributed by atoms with Crippen molar-refractivity contribution in [2.75, 3.05) is 31.3 Å². The van der Waals surface area contributed by atoms with Crippen LogP contribution in [-0.2, 0) is 46.4 Å². The summed E-state index contributed by atoms with van der Waals surface area (Å²) in [5.41, 5.74) is 3.80. The SMILES string of the molecule is C=CCNC(=O)OCC=CC1=C(C(=O)OCc2ccc(OC)cc2)N2C(=O)C(NC(=O)C(=NOC(c3ccccc3)(c3ccccc3)c3ccccc3)c3csc(NC(c4ccccc4)(c4ccccc4)c4ccccc4)n3)[C@@H]2SC1. The first-order valence-corrected chi connectivity index (χ1v) is 28.0. The molecule has 0 aliphatic carbocycles. The zero-order valence-corrected chi connectivity index (χ0v) is 45.7. The molecule has 16 heteroatoms. The third-order valence-electron chi connectivity index (χ3n) is 13.7. The summed E-state index contributed by atoms with van der Waals surface area (Å²) in [5.74, 6) is -1.20. The number of nitrogens with zero attached hydrogens (tertiary/aromatic N) is 3. The molecule has 0 radical (unpaired) electrons. The van der Waals surface area contributed by atoms with Crippen LogP contribution >= 0.6 is 23.1 Å². The molecule has 2 aliphatic rings. The lowest BCUT2D eigenvalue weighted by atomic mass is 9.77. The first-order chi connectivity index (χ1) is 39.7. The van der Waals surface area contributed by atoms with E-state index in [2.05, 4.69) is 58.9 Å². The summed E-state index contributed by atoms with van der Waals surface area (Å²) in [7, 11) is 1.56. The quantitative estimate of drug-likeness (QED) is 0.0147. The van der Waals surface area contributed by atoms with Crippen LogP contribution in [0.1, 0.15) is 44.6 Å². The number of thiazole rings is 1. The van der Waals surface area contributed by atoms with Gasteiger partial charge < -0.3 is 35.0 Å². The molecule has 406 valence electrons. The van der Waals surface area contributed by atoms with Crippen molar-refractivity contribution < 1.29 is 38.2 Å². The maximum absolute atomic E-state index is 15.4. The van der Waals surface area contributed by atoms with E-state index in [4.69, 9.17) is 29.2 Å². The summed E-state index contributed by atoms with van der Waals surface area (Å²) in [6.07, 6.45) is 4.09. The summed E-state index contributed by atoms with van der Waals surface area (Å²) < 4.78 is 16.4. The van der Waals surface area contributed by atoms with Crippen molar-refractivity contribution >= 4 is 57.8 Å². The number of anilines is 1. The Labute approximate surface area is 477 Å². The largest absolute Gasteiger partial charge is 0.497 e. The number of hydrogen-bond donors (Lipinski definition) is 3. The highest BCUT2D eigenvalue weighted by Crippen LogP contribution is 2.44. The highest BCUT2D eigenvalue weighted by atomic mass is 32.2. The number of alkyl carbamates (subject to hydrolysis) is 1. The van der Waals surface area contributed by atoms with Crippen molar-refractivity contribution in [2.45, 2.75) is 29.2 Å². The molecule has 0 spiro atoms. The number of β-lactam (4-membered cyclic amide) rings is 1. The maximum Gasteiger partial charge on any atom is 0.407 e. The van der Waals surface area contributed by atoms with Crippen molar-refractivity contribution in [3.05, 3.63) is 292 Å². The molecular formula is C65H56N6O8S2. The average molecular weight is 1110 g/mol. The number of benzene rings is 7. The summed E-state index contributed by atoms with van der Waals surface area (Å²) >= 11 is 2.63. The molecule has 0 saturated carbocycles. The number of ether oxygens (including phenoxy) is 3. The normalized spacial score (nSPS) is 15.2. The van der Waals surface area contributed by atoms with E-state index in [-0.39, 0.29) is 42.6 Å². The zero-order chi connectivity index (χ0) is 56.0. The van der Waals surface area contributed by atoms with Crippen LogP contribution in [0, 0.1) is 0 Å². The number of nitrogens with one attached hydrogen (secondary N) is 3. The first-order valence-electron chi connectivity index (χ1n) is 26.0. The van der Waals surface area contributed by atoms with Crippen LogP contribution < -0.4 is 20.7 Å². The Morgan fingerprint density at radius 2 is 1.23 bits per heavy atom. The molecule has 3 N–H and O–H groups in total. The highest BCUT2D eigenvalue weighted by Gasteiger charge is 2.55. The number of hydrogen-bond acceptors (Lipinski definition) is 13. The van der Waals surface area contributed by atoms with Crippen molar-refractivity contribution in [1.29, 1.82) is 0 Å². The number of rotatable bonds is 22. The smallest absolute Gasteiger partial charge is 0.407 e. The lowest BCUT2D eigenvalue weighted by Crippen LogP contribution is -2.71. The summed E-state index contributed by atoms with van der Waals surface area (Å²) in [4.78, 5) is 70.0. The molecule has 10 rings (SSSR count). The second-order valence-corrected chi connectivity index (χ2v) is 20.6. The van der Waals surface area contributed by atoms with Gasteiger partial charge in [-0.25, -0.2) is 14.6 Å². The summed E-state index contributed by atoms with van der Waals surface area (Å²) in [6.45, 7) is 3.60. The Kier molecular flexibility index (Phi) is 17.3. The number of amides is 3. The van der Waals surface area contributed by atoms with Gasteiger partial charge in [0.15, 0.2) is 10.8 Å². The Hall–Kier alpha value is -9.51. The van der Waals surface area contributed by atoms with Gasteiger partial charge in [0, 0.05) is 34.4 Å². The molecule has 2 aliphatic heterocycles. The van der Waals surface area contributed by atoms with Gasteiger partial charge in [0.1, 0.15) is 47.3 Å². The molecule has 1 saturated heterocycles. The van der Waals surface area contributed by atoms with Gasteiger partial charge in [0.05, 0.1) is 7.11 Å². The van der Waals surface area contributed by atoms with Gasteiger partial charge in [-0.3, -0.25) is 14.5 Å². The Bertz CT molecular complexity index is 3370. The number of esters is 1. The molecule has 81 heavy (non-hydrogen) atoms. The lowest BCUT2D eigenvalue weighted by Gasteiger charge is -2.49. The van der Waals surface area contributed by atoms with E-state index in [1.54, 1.807) is 48.9 Å². The van der Waals surface area contributed by atoms with Crippen LogP contribution in [0.4, 0.5) is 9.93 Å². The molecular weight excluding hydrogens is 1060 g/mol. The van der Waals surface area contributed by atoms with E-state index in [9.17, 15) is 14.4 Å². The fraction of sp³-hybridized carbons (Fsp3) is 0.138. The van der Waals surface area contributed by atoms with Crippen molar-refractivity contribution in [1.82, 2.24) is 20.5 Å². The van der Waals surface area contributed by atoms with Crippen molar-refractivity contribution in [3.63, 3.8) is 0 Å². The molecule has 14 nitrogen and oxygen atoms in total. The Balaban J connectivity index is 1.03. The summed E-state index contributed by atoms with van der Waals surface area (Å²) in [5, 5.41) is 15.7. The van der Waals surface area contributed by atoms with Gasteiger partial charge >= 0.3 is 12.1 Å². The van der Waals surface area contributed by atoms with Gasteiger partial charge in [-0.15, -0.1) is 29.7 Å². The zero-order valence-electron chi connectivity index (χ0n) is 44.1. The van der Waals surface area contributed by atoms with Crippen LogP contribution in [0.2, 0.25) is 0 Å². The lowest BCUT2D eigenvalue weighted by molar-refractivity contribution is -0.153. The van der Waals surface area contributed by atoms with Gasteiger partial charge in [0.25, 0.3) is 11.8 Å². The van der Waals surface area contributed by atoms with Crippen LogP contribution in [0.5, 0.6) is 5.75 Å². The van der Waals surface area contributed by atoms with Gasteiger partial charge in [-0.1, -0.05) is 211 Å². The molecule has 3 heterocycles. The van der Waals surface area contributed by atoms with Crippen molar-refractivity contribution in [2.24, 2.45) is 5.16 Å². The molecule has 3 amide bonds. The predicted molar refractivity (Wildman–Crippen MR) is 315 cm³/mol. The monoisotopic (exact) mass is 1110 g/mol. The fourth-order valence-corrected chi connectivity index (χ4v) is 11.9. The molecule has 2 atom stereocenters. The van der Waals surface area contributed by atoms with Crippen LogP contribution in [0.3, 0.4) is 0 Å². The minimum atomic E-state index is -1.39. The number of thioether (sulfide) groups is 1. The van der Waals surface area contributed by atoms with Crippen LogP contribution in [-0.4, -0.2) is 76.9 Å². The molecule has 1 aromatic heterocycles. The standard InChI is InChI=1S/C65H56N6O8S2/c1-3-40-66-63(75)77-41-22-23-46-43-80-60-56(59(73)71(60)57(46)61(74)78-42-45-36-38-53(76-2)39-37-45)68-58(72)55(70-79-65(50-30-16-7-17-31-50,51-32-18-8-19-33-51)52-34-20-9-21-35-52)54-44-81-62(67-54)69-64(47-24-10-4-11-25-47,48-26-12-5-13-27-48)49-28-14-6-15-29-49/h3-39,44,56,60H,1,40-43H2,2H3,(H,66,75)(H,67,69)(H,68,72)/t56?,60-/m0/s1. The van der Waals surface area contributed by atoms with E-state index < -0.39 is 46.4 Å². The van der Waals surface area contributed by atoms with Crippen LogP contribution in [0.25, 0.3) is 0 Å². The number of allylic oxidation sites excluding steroid dienone is 1. The van der Waals surface area contributed by atoms with E-state index in [0.29, 0.717) is 22.0 Å². The fourth-order valence-electron chi connectivity index (χ4n) is 9.81. The minimum absolute atomic E-state index is 0.000315. The van der Waals surface area contributed by atoms with Gasteiger partial charge in [-0.05, 0) is 46.0 Å². The number of methoxy groups -OCH3 is 1. The van der Waals surface area contributed by atoms with E-state index >= 15 is 4.79 Å². The maximum atomic E-state index is 15.4. The number of oxime groups is 1. The molecule has 0 bridgehead atoms. The Morgan fingerprint density at radius 3 is 1.74 bits per heavy atom. The number of aromatic nitrogens is 1. The molecule has 1 unspecified atom stereocenters. The van der Waals surface area contributed by atoms with Gasteiger partial charge in [0.2, 0.25) is 5.60 Å². The average Bonchev–Trinajstić information content (AvgIpc) is 4.13. The first kappa shape index (κ1) is 54.8. The number of fused-ring (bicyclic) bond motifs is 1. The third-order valence-corrected chi connectivity index (χ3v) is 15.8. The molecule has 8 aromatic rings. The van der Waals surface area contributed by atoms with Gasteiger partial charge in [-0.2, -0.15) is 0 Å². The molecule has 1 fully saturated rings. The van der Waals surface area contributed by atoms with Crippen LogP contribution in [0.15, 0.2) is 253 Å². The highest BCUT2D eigenvalue weighted by molar-refractivity contribution is 8.00.